The number of thiazole rings is 1. The van der Waals surface area contributed by atoms with Crippen LogP contribution >= 0.6 is 23.1 Å². The van der Waals surface area contributed by atoms with E-state index in [-0.39, 0.29) is 11.8 Å². The van der Waals surface area contributed by atoms with Crippen molar-refractivity contribution in [1.82, 2.24) is 19.9 Å². The number of aromatic nitrogens is 1. The summed E-state index contributed by atoms with van der Waals surface area (Å²) >= 11 is 3.44. The van der Waals surface area contributed by atoms with Crippen LogP contribution in [0.4, 0.5) is 0 Å². The molecule has 25 heavy (non-hydrogen) atoms. The average Bonchev–Trinajstić information content (AvgIpc) is 3.14. The maximum atomic E-state index is 11.9. The van der Waals surface area contributed by atoms with Crippen LogP contribution in [-0.4, -0.2) is 67.9 Å². The molecule has 0 amide bonds. The predicted octanol–water partition coefficient (Wildman–Crippen LogP) is 1.60. The van der Waals surface area contributed by atoms with E-state index in [1.165, 1.54) is 0 Å². The standard InChI is InChI=1S/C15H27N5O2S3/c1-3-25(21,22)20-9-5-13(6-10-20)19-14(16-2)17-7-4-11-23-15-18-8-12-24-15/h8,12-13H,3-7,9-11H2,1-2H3,(H2,16,17,19). The van der Waals surface area contributed by atoms with Gasteiger partial charge in [0.25, 0.3) is 0 Å². The molecule has 1 aliphatic rings. The third-order valence-corrected chi connectivity index (χ3v) is 7.96. The number of sulfonamides is 1. The summed E-state index contributed by atoms with van der Waals surface area (Å²) in [5, 5.41) is 8.72. The first kappa shape index (κ1) is 20.5. The van der Waals surface area contributed by atoms with Gasteiger partial charge in [-0.1, -0.05) is 11.8 Å². The van der Waals surface area contributed by atoms with E-state index >= 15 is 0 Å². The number of nitrogens with zero attached hydrogens (tertiary/aromatic N) is 3. The molecule has 1 aromatic rings. The number of hydrogen-bond acceptors (Lipinski definition) is 6. The molecular formula is C15H27N5O2S3. The number of thioether (sulfide) groups is 1. The van der Waals surface area contributed by atoms with E-state index in [4.69, 9.17) is 0 Å². The van der Waals surface area contributed by atoms with Gasteiger partial charge in [0, 0.05) is 50.1 Å². The topological polar surface area (TPSA) is 86.7 Å². The highest BCUT2D eigenvalue weighted by Gasteiger charge is 2.26. The molecule has 1 saturated heterocycles. The molecule has 0 spiro atoms. The van der Waals surface area contributed by atoms with Gasteiger partial charge < -0.3 is 10.6 Å². The van der Waals surface area contributed by atoms with Crippen LogP contribution in [-0.2, 0) is 10.0 Å². The molecule has 0 bridgehead atoms. The van der Waals surface area contributed by atoms with Gasteiger partial charge in [0.2, 0.25) is 10.0 Å². The van der Waals surface area contributed by atoms with E-state index in [0.29, 0.717) is 13.1 Å². The van der Waals surface area contributed by atoms with E-state index in [0.717, 1.165) is 41.9 Å². The monoisotopic (exact) mass is 405 g/mol. The summed E-state index contributed by atoms with van der Waals surface area (Å²) in [4.78, 5) is 8.51. The molecule has 1 aromatic heterocycles. The number of rotatable bonds is 8. The Balaban J connectivity index is 1.63. The van der Waals surface area contributed by atoms with Crippen molar-refractivity contribution in [2.24, 2.45) is 4.99 Å². The van der Waals surface area contributed by atoms with Crippen molar-refractivity contribution in [3.8, 4) is 0 Å². The molecule has 0 saturated carbocycles. The van der Waals surface area contributed by atoms with Crippen LogP contribution in [0.15, 0.2) is 20.9 Å². The number of piperidine rings is 1. The Kier molecular flexibility index (Phi) is 8.47. The Hall–Kier alpha value is -0.840. The number of nitrogens with one attached hydrogen (secondary N) is 2. The number of hydrogen-bond donors (Lipinski definition) is 2. The molecule has 2 N–H and O–H groups in total. The van der Waals surface area contributed by atoms with Crippen molar-refractivity contribution < 1.29 is 8.42 Å². The average molecular weight is 406 g/mol. The SMILES string of the molecule is CCS(=O)(=O)N1CCC(NC(=NC)NCCCSc2nccs2)CC1. The van der Waals surface area contributed by atoms with E-state index in [9.17, 15) is 8.42 Å². The molecule has 10 heteroatoms. The van der Waals surface area contributed by atoms with Gasteiger partial charge in [-0.2, -0.15) is 0 Å². The van der Waals surface area contributed by atoms with Crippen molar-refractivity contribution in [2.45, 2.75) is 36.6 Å². The van der Waals surface area contributed by atoms with Gasteiger partial charge in [-0.25, -0.2) is 17.7 Å². The van der Waals surface area contributed by atoms with Crippen molar-refractivity contribution in [3.63, 3.8) is 0 Å². The Labute approximate surface area is 158 Å². The largest absolute Gasteiger partial charge is 0.356 e. The van der Waals surface area contributed by atoms with Gasteiger partial charge in [0.15, 0.2) is 5.96 Å². The van der Waals surface area contributed by atoms with Crippen LogP contribution in [0, 0.1) is 0 Å². The lowest BCUT2D eigenvalue weighted by molar-refractivity contribution is 0.306. The smallest absolute Gasteiger partial charge is 0.213 e. The molecule has 142 valence electrons. The van der Waals surface area contributed by atoms with Crippen molar-refractivity contribution in [2.75, 3.05) is 38.2 Å². The molecule has 2 heterocycles. The van der Waals surface area contributed by atoms with Gasteiger partial charge in [0.05, 0.1) is 5.75 Å². The zero-order valence-electron chi connectivity index (χ0n) is 14.8. The lowest BCUT2D eigenvalue weighted by Crippen LogP contribution is -2.50. The highest BCUT2D eigenvalue weighted by molar-refractivity contribution is 8.01. The third kappa shape index (κ3) is 6.76. The summed E-state index contributed by atoms with van der Waals surface area (Å²) < 4.78 is 26.5. The Morgan fingerprint density at radius 2 is 2.24 bits per heavy atom. The highest BCUT2D eigenvalue weighted by atomic mass is 32.2. The molecular weight excluding hydrogens is 378 g/mol. The van der Waals surface area contributed by atoms with Crippen molar-refractivity contribution in [3.05, 3.63) is 11.6 Å². The molecule has 0 atom stereocenters. The van der Waals surface area contributed by atoms with Gasteiger partial charge >= 0.3 is 0 Å². The van der Waals surface area contributed by atoms with Crippen LogP contribution in [0.1, 0.15) is 26.2 Å². The normalized spacial score (nSPS) is 17.6. The summed E-state index contributed by atoms with van der Waals surface area (Å²) in [7, 11) is -1.30. The minimum Gasteiger partial charge on any atom is -0.356 e. The molecule has 0 unspecified atom stereocenters. The van der Waals surface area contributed by atoms with Gasteiger partial charge in [-0.3, -0.25) is 4.99 Å². The van der Waals surface area contributed by atoms with Crippen LogP contribution in [0.5, 0.6) is 0 Å². The lowest BCUT2D eigenvalue weighted by Gasteiger charge is -2.32. The predicted molar refractivity (Wildman–Crippen MR) is 106 cm³/mol. The second kappa shape index (κ2) is 10.3. The van der Waals surface area contributed by atoms with Crippen molar-refractivity contribution >= 4 is 39.1 Å². The number of guanidine groups is 1. The fraction of sp³-hybridized carbons (Fsp3) is 0.733. The minimum atomic E-state index is -3.06. The third-order valence-electron chi connectivity index (χ3n) is 4.03. The summed E-state index contributed by atoms with van der Waals surface area (Å²) in [5.41, 5.74) is 0. The van der Waals surface area contributed by atoms with E-state index in [1.807, 2.05) is 11.6 Å². The first-order valence-corrected chi connectivity index (χ1v) is 12.0. The first-order chi connectivity index (χ1) is 12.0. The van der Waals surface area contributed by atoms with E-state index in [1.54, 1.807) is 41.4 Å². The summed E-state index contributed by atoms with van der Waals surface area (Å²) in [6, 6.07) is 0.263. The second-order valence-corrected chi connectivity index (χ2v) is 10.2. The van der Waals surface area contributed by atoms with Gasteiger partial charge in [0.1, 0.15) is 4.34 Å². The molecule has 0 radical (unpaired) electrons. The Morgan fingerprint density at radius 3 is 2.84 bits per heavy atom. The Bertz CT molecular complexity index is 626. The molecule has 2 rings (SSSR count). The lowest BCUT2D eigenvalue weighted by atomic mass is 10.1. The first-order valence-electron chi connectivity index (χ1n) is 8.52. The fourth-order valence-corrected chi connectivity index (χ4v) is 5.35. The maximum Gasteiger partial charge on any atom is 0.213 e. The van der Waals surface area contributed by atoms with Crippen molar-refractivity contribution in [1.29, 1.82) is 0 Å². The maximum absolute atomic E-state index is 11.9. The summed E-state index contributed by atoms with van der Waals surface area (Å²) in [6.07, 6.45) is 4.46. The Morgan fingerprint density at radius 1 is 1.48 bits per heavy atom. The molecule has 0 aliphatic carbocycles. The minimum absolute atomic E-state index is 0.174. The number of aliphatic imine (C=N–C) groups is 1. The highest BCUT2D eigenvalue weighted by Crippen LogP contribution is 2.20. The van der Waals surface area contributed by atoms with Crippen LogP contribution in [0.3, 0.4) is 0 Å². The zero-order valence-corrected chi connectivity index (χ0v) is 17.2. The summed E-state index contributed by atoms with van der Waals surface area (Å²) in [6.45, 7) is 3.70. The van der Waals surface area contributed by atoms with Crippen LogP contribution < -0.4 is 10.6 Å². The molecule has 1 aliphatic heterocycles. The van der Waals surface area contributed by atoms with E-state index < -0.39 is 10.0 Å². The van der Waals surface area contributed by atoms with Crippen LogP contribution in [0.2, 0.25) is 0 Å². The quantitative estimate of drug-likeness (QED) is 0.296. The molecule has 7 nitrogen and oxygen atoms in total. The molecule has 0 aromatic carbocycles. The van der Waals surface area contributed by atoms with E-state index in [2.05, 4.69) is 20.6 Å². The fourth-order valence-electron chi connectivity index (χ4n) is 2.57. The molecule has 1 fully saturated rings. The summed E-state index contributed by atoms with van der Waals surface area (Å²) in [5.74, 6) is 1.98. The second-order valence-electron chi connectivity index (χ2n) is 5.72. The van der Waals surface area contributed by atoms with Gasteiger partial charge in [-0.15, -0.1) is 11.3 Å². The van der Waals surface area contributed by atoms with Crippen LogP contribution in [0.25, 0.3) is 0 Å². The zero-order chi connectivity index (χ0) is 18.1. The van der Waals surface area contributed by atoms with Gasteiger partial charge in [-0.05, 0) is 26.2 Å².